The summed E-state index contributed by atoms with van der Waals surface area (Å²) < 4.78 is 26.6. The number of nitrogens with zero attached hydrogens (tertiary/aromatic N) is 2. The van der Waals surface area contributed by atoms with Crippen molar-refractivity contribution >= 4 is 5.97 Å². The number of hydrogen-bond donors (Lipinski definition) is 1. The molecule has 0 spiro atoms. The summed E-state index contributed by atoms with van der Waals surface area (Å²) in [6.07, 6.45) is 0.912. The smallest absolute Gasteiger partial charge is 0.339 e. The fraction of sp³-hybridized carbons (Fsp3) is 0.429. The maximum absolute atomic E-state index is 12.8. The van der Waals surface area contributed by atoms with Gasteiger partial charge in [-0.1, -0.05) is 0 Å². The van der Waals surface area contributed by atoms with Crippen molar-refractivity contribution in [3.63, 3.8) is 0 Å². The van der Waals surface area contributed by atoms with E-state index >= 15 is 0 Å². The molecule has 6 heteroatoms. The minimum Gasteiger partial charge on any atom is -0.478 e. The molecule has 4 nitrogen and oxygen atoms in total. The van der Waals surface area contributed by atoms with E-state index in [1.165, 1.54) is 7.05 Å². The van der Waals surface area contributed by atoms with Crippen LogP contribution in [-0.4, -0.2) is 20.9 Å². The van der Waals surface area contributed by atoms with Crippen molar-refractivity contribution < 1.29 is 18.7 Å². The molecule has 1 aromatic rings. The molecule has 72 valence electrons. The molecule has 0 saturated carbocycles. The van der Waals surface area contributed by atoms with Gasteiger partial charge in [0.15, 0.2) is 0 Å². The van der Waals surface area contributed by atoms with Gasteiger partial charge in [-0.15, -0.1) is 0 Å². The van der Waals surface area contributed by atoms with Crippen LogP contribution in [-0.2, 0) is 13.0 Å². The average molecular weight is 190 g/mol. The largest absolute Gasteiger partial charge is 0.478 e. The standard InChI is InChI=1S/C7H8F2N2O2/c1-7(8,9)5-4(6(12)13)3-10-11(5)2/h3H,1-2H3,(H,12,13). The quantitative estimate of drug-likeness (QED) is 0.763. The summed E-state index contributed by atoms with van der Waals surface area (Å²) in [4.78, 5) is 10.5. The first kappa shape index (κ1) is 9.63. The van der Waals surface area contributed by atoms with Gasteiger partial charge in [-0.2, -0.15) is 13.9 Å². The van der Waals surface area contributed by atoms with E-state index < -0.39 is 23.1 Å². The van der Waals surface area contributed by atoms with E-state index in [0.29, 0.717) is 6.92 Å². The predicted molar refractivity (Wildman–Crippen MR) is 39.7 cm³/mol. The second-order valence-electron chi connectivity index (χ2n) is 2.72. The highest BCUT2D eigenvalue weighted by atomic mass is 19.3. The monoisotopic (exact) mass is 190 g/mol. The van der Waals surface area contributed by atoms with Crippen molar-refractivity contribution in [3.8, 4) is 0 Å². The lowest BCUT2D eigenvalue weighted by molar-refractivity contribution is 0.00695. The zero-order chi connectivity index (χ0) is 10.2. The third-order valence-corrected chi connectivity index (χ3v) is 1.58. The third-order valence-electron chi connectivity index (χ3n) is 1.58. The Hall–Kier alpha value is -1.46. The lowest BCUT2D eigenvalue weighted by Crippen LogP contribution is -2.17. The minimum absolute atomic E-state index is 0.463. The van der Waals surface area contributed by atoms with Gasteiger partial charge in [-0.3, -0.25) is 4.68 Å². The maximum Gasteiger partial charge on any atom is 0.339 e. The Morgan fingerprint density at radius 2 is 2.23 bits per heavy atom. The van der Waals surface area contributed by atoms with Crippen molar-refractivity contribution in [2.75, 3.05) is 0 Å². The average Bonchev–Trinajstić information content (AvgIpc) is 2.28. The molecule has 1 heterocycles. The minimum atomic E-state index is -3.20. The Labute approximate surface area is 72.8 Å². The molecule has 0 aliphatic rings. The molecule has 0 aromatic carbocycles. The number of aromatic carboxylic acids is 1. The van der Waals surface area contributed by atoms with E-state index in [0.717, 1.165) is 10.9 Å². The third kappa shape index (κ3) is 1.66. The summed E-state index contributed by atoms with van der Waals surface area (Å²) in [7, 11) is 1.28. The first-order valence-corrected chi connectivity index (χ1v) is 3.47. The van der Waals surface area contributed by atoms with Crippen LogP contribution in [0.2, 0.25) is 0 Å². The van der Waals surface area contributed by atoms with Crippen LogP contribution in [0.3, 0.4) is 0 Å². The van der Waals surface area contributed by atoms with Crippen LogP contribution in [0, 0.1) is 0 Å². The van der Waals surface area contributed by atoms with E-state index in [2.05, 4.69) is 5.10 Å². The van der Waals surface area contributed by atoms with Crippen molar-refractivity contribution in [3.05, 3.63) is 17.5 Å². The first-order chi connectivity index (χ1) is 5.84. The zero-order valence-corrected chi connectivity index (χ0v) is 7.08. The molecule has 1 rings (SSSR count). The second-order valence-corrected chi connectivity index (χ2v) is 2.72. The van der Waals surface area contributed by atoms with E-state index in [9.17, 15) is 13.6 Å². The van der Waals surface area contributed by atoms with E-state index in [-0.39, 0.29) is 0 Å². The fourth-order valence-corrected chi connectivity index (χ4v) is 1.11. The van der Waals surface area contributed by atoms with Gasteiger partial charge in [-0.05, 0) is 0 Å². The zero-order valence-electron chi connectivity index (χ0n) is 7.08. The van der Waals surface area contributed by atoms with Gasteiger partial charge in [0, 0.05) is 14.0 Å². The Kier molecular flexibility index (Phi) is 2.07. The van der Waals surface area contributed by atoms with Gasteiger partial charge >= 0.3 is 5.97 Å². The second kappa shape index (κ2) is 2.79. The highest BCUT2D eigenvalue weighted by Crippen LogP contribution is 2.29. The lowest BCUT2D eigenvalue weighted by atomic mass is 10.1. The van der Waals surface area contributed by atoms with Crippen LogP contribution in [0.15, 0.2) is 6.20 Å². The van der Waals surface area contributed by atoms with Gasteiger partial charge < -0.3 is 5.11 Å². The summed E-state index contributed by atoms with van der Waals surface area (Å²) in [5.41, 5.74) is -1.05. The highest BCUT2D eigenvalue weighted by molar-refractivity contribution is 5.88. The normalized spacial score (nSPS) is 11.7. The molecule has 0 amide bonds. The molecule has 0 unspecified atom stereocenters. The van der Waals surface area contributed by atoms with Crippen molar-refractivity contribution in [1.29, 1.82) is 0 Å². The summed E-state index contributed by atoms with van der Waals surface area (Å²) in [6, 6.07) is 0. The summed E-state index contributed by atoms with van der Waals surface area (Å²) in [5.74, 6) is -4.59. The molecule has 0 bridgehead atoms. The Balaban J connectivity index is 3.33. The number of carboxylic acid groups (broad SMARTS) is 1. The highest BCUT2D eigenvalue weighted by Gasteiger charge is 2.33. The molecule has 13 heavy (non-hydrogen) atoms. The Morgan fingerprint density at radius 3 is 2.54 bits per heavy atom. The fourth-order valence-electron chi connectivity index (χ4n) is 1.11. The van der Waals surface area contributed by atoms with Gasteiger partial charge in [0.05, 0.1) is 6.20 Å². The van der Waals surface area contributed by atoms with Crippen molar-refractivity contribution in [2.24, 2.45) is 7.05 Å². The van der Waals surface area contributed by atoms with Gasteiger partial charge in [-0.25, -0.2) is 4.79 Å². The summed E-state index contributed by atoms with van der Waals surface area (Å²) >= 11 is 0. The Morgan fingerprint density at radius 1 is 1.69 bits per heavy atom. The van der Waals surface area contributed by atoms with E-state index in [4.69, 9.17) is 5.11 Å². The van der Waals surface area contributed by atoms with Crippen LogP contribution in [0.5, 0.6) is 0 Å². The SMILES string of the molecule is Cn1ncc(C(=O)O)c1C(C)(F)F. The maximum atomic E-state index is 12.8. The predicted octanol–water partition coefficient (Wildman–Crippen LogP) is 1.23. The molecule has 0 aliphatic heterocycles. The summed E-state index contributed by atoms with van der Waals surface area (Å²) in [5, 5.41) is 12.0. The van der Waals surface area contributed by atoms with E-state index in [1.54, 1.807) is 0 Å². The van der Waals surface area contributed by atoms with E-state index in [1.807, 2.05) is 0 Å². The van der Waals surface area contributed by atoms with Gasteiger partial charge in [0.25, 0.3) is 5.92 Å². The van der Waals surface area contributed by atoms with Crippen LogP contribution in [0.1, 0.15) is 23.0 Å². The number of aromatic nitrogens is 2. The van der Waals surface area contributed by atoms with Crippen LogP contribution in [0.4, 0.5) is 8.78 Å². The summed E-state index contributed by atoms with van der Waals surface area (Å²) in [6.45, 7) is 0.635. The number of carboxylic acids is 1. The van der Waals surface area contributed by atoms with Crippen molar-refractivity contribution in [1.82, 2.24) is 9.78 Å². The molecule has 0 aliphatic carbocycles. The number of carbonyl (C=O) groups is 1. The Bertz CT molecular complexity index is 341. The number of aryl methyl sites for hydroxylation is 1. The number of rotatable bonds is 2. The molecular weight excluding hydrogens is 182 g/mol. The molecule has 0 radical (unpaired) electrons. The van der Waals surface area contributed by atoms with Gasteiger partial charge in [0.1, 0.15) is 11.3 Å². The molecule has 0 fully saturated rings. The molecule has 0 saturated heterocycles. The molecule has 1 aromatic heterocycles. The van der Waals surface area contributed by atoms with Crippen LogP contribution in [0.25, 0.3) is 0 Å². The number of alkyl halides is 2. The van der Waals surface area contributed by atoms with Crippen LogP contribution < -0.4 is 0 Å². The number of halogens is 2. The molecule has 0 atom stereocenters. The van der Waals surface area contributed by atoms with Gasteiger partial charge in [0.2, 0.25) is 0 Å². The molecule has 1 N–H and O–H groups in total. The molecular formula is C7H8F2N2O2. The topological polar surface area (TPSA) is 55.1 Å². The van der Waals surface area contributed by atoms with Crippen LogP contribution >= 0.6 is 0 Å². The number of hydrogen-bond acceptors (Lipinski definition) is 2. The lowest BCUT2D eigenvalue weighted by Gasteiger charge is -2.11. The van der Waals surface area contributed by atoms with Crippen molar-refractivity contribution in [2.45, 2.75) is 12.8 Å². The first-order valence-electron chi connectivity index (χ1n) is 3.47.